The van der Waals surface area contributed by atoms with Crippen LogP contribution in [0.4, 0.5) is 0 Å². The van der Waals surface area contributed by atoms with Gasteiger partial charge in [-0.1, -0.05) is 110 Å². The van der Waals surface area contributed by atoms with E-state index >= 15 is 0 Å². The van der Waals surface area contributed by atoms with E-state index in [2.05, 4.69) is 21.0 Å². The molecule has 0 spiro atoms. The van der Waals surface area contributed by atoms with Crippen LogP contribution < -0.4 is 0 Å². The summed E-state index contributed by atoms with van der Waals surface area (Å²) in [6, 6.07) is 0. The number of likely N-dealkylation sites (N-methyl/N-ethyl adjacent to an activating group) is 1. The lowest BCUT2D eigenvalue weighted by atomic mass is 9.96. The highest BCUT2D eigenvalue weighted by Gasteiger charge is 2.29. The molecule has 0 radical (unpaired) electrons. The van der Waals surface area contributed by atoms with E-state index in [0.717, 1.165) is 49.7 Å². The average Bonchev–Trinajstić information content (AvgIpc) is 2.72. The number of nitrogens with zero attached hydrogens (tertiary/aromatic N) is 1. The maximum absolute atomic E-state index is 10.8. The molecule has 0 amide bonds. The highest BCUT2D eigenvalue weighted by Crippen LogP contribution is 2.20. The minimum atomic E-state index is -0.703. The number of carbonyl (C=O) groups is 1. The third-order valence-electron chi connectivity index (χ3n) is 6.99. The molecule has 33 heavy (non-hydrogen) atoms. The van der Waals surface area contributed by atoms with E-state index < -0.39 is 11.6 Å². The fourth-order valence-corrected chi connectivity index (χ4v) is 5.13. The van der Waals surface area contributed by atoms with Crippen molar-refractivity contribution in [3.05, 3.63) is 0 Å². The van der Waals surface area contributed by atoms with Crippen molar-refractivity contribution in [1.29, 1.82) is 0 Å². The molecule has 0 bridgehead atoms. The van der Waals surface area contributed by atoms with Gasteiger partial charge in [-0.25, -0.2) is 0 Å². The van der Waals surface area contributed by atoms with Gasteiger partial charge in [0.2, 0.25) is 0 Å². The van der Waals surface area contributed by atoms with Crippen molar-refractivity contribution in [2.45, 2.75) is 154 Å². The topological polar surface area (TPSA) is 57.5 Å². The summed E-state index contributed by atoms with van der Waals surface area (Å²) in [4.78, 5) is 10.6. The zero-order chi connectivity index (χ0) is 24.8. The molecule has 4 heteroatoms. The molecule has 0 aliphatic heterocycles. The van der Waals surface area contributed by atoms with Gasteiger partial charge in [-0.3, -0.25) is 4.79 Å². The Kier molecular flexibility index (Phi) is 20.4. The van der Waals surface area contributed by atoms with Crippen molar-refractivity contribution in [3.8, 4) is 0 Å². The molecule has 0 aromatic heterocycles. The lowest BCUT2D eigenvalue weighted by molar-refractivity contribution is -0.896. The van der Waals surface area contributed by atoms with Crippen LogP contribution in [0.1, 0.15) is 149 Å². The van der Waals surface area contributed by atoms with Crippen LogP contribution in [0.3, 0.4) is 0 Å². The normalized spacial score (nSPS) is 13.8. The molecule has 0 fully saturated rings. The smallest absolute Gasteiger partial charge is 0.303 e. The number of hydrogen-bond donors (Lipinski definition) is 2. The van der Waals surface area contributed by atoms with Crippen LogP contribution in [0, 0.1) is 0 Å². The number of aliphatic carboxylic acids is 1. The van der Waals surface area contributed by atoms with Crippen LogP contribution in [0.2, 0.25) is 0 Å². The number of quaternary nitrogens is 1. The summed E-state index contributed by atoms with van der Waals surface area (Å²) >= 11 is 0. The fraction of sp³-hybridized carbons (Fsp3) is 0.966. The predicted octanol–water partition coefficient (Wildman–Crippen LogP) is 8.11. The Morgan fingerprint density at radius 1 is 0.667 bits per heavy atom. The molecule has 0 saturated heterocycles. The summed E-state index contributed by atoms with van der Waals surface area (Å²) < 4.78 is 0.804. The van der Waals surface area contributed by atoms with Gasteiger partial charge in [0.1, 0.15) is 12.1 Å². The Balaban J connectivity index is 3.55. The summed E-state index contributed by atoms with van der Waals surface area (Å²) in [5.41, 5.74) is -0.611. The van der Waals surface area contributed by atoms with Crippen molar-refractivity contribution >= 4 is 5.97 Å². The SMILES string of the molecule is CCCCCCCCCCCCCCCCCCC(C)(O)C[N+](C)(C)CCCCCC(=O)O. The number of rotatable bonds is 25. The molecular weight excluding hydrogens is 410 g/mol. The van der Waals surface area contributed by atoms with Gasteiger partial charge in [-0.05, 0) is 32.6 Å². The van der Waals surface area contributed by atoms with Crippen LogP contribution >= 0.6 is 0 Å². The second-order valence-electron chi connectivity index (χ2n) is 11.6. The van der Waals surface area contributed by atoms with E-state index in [4.69, 9.17) is 5.11 Å². The summed E-state index contributed by atoms with van der Waals surface area (Å²) in [5, 5.41) is 19.6. The van der Waals surface area contributed by atoms with Crippen molar-refractivity contribution < 1.29 is 19.5 Å². The molecule has 0 aromatic carbocycles. The van der Waals surface area contributed by atoms with Gasteiger partial charge in [0.25, 0.3) is 0 Å². The van der Waals surface area contributed by atoms with Gasteiger partial charge in [-0.2, -0.15) is 0 Å². The van der Waals surface area contributed by atoms with Gasteiger partial charge in [0, 0.05) is 6.42 Å². The second kappa shape index (κ2) is 20.7. The number of unbranched alkanes of at least 4 members (excludes halogenated alkanes) is 17. The molecule has 0 aliphatic rings. The minimum absolute atomic E-state index is 0.268. The minimum Gasteiger partial charge on any atom is -0.481 e. The first kappa shape index (κ1) is 32.4. The van der Waals surface area contributed by atoms with Crippen LogP contribution in [-0.2, 0) is 4.79 Å². The fourth-order valence-electron chi connectivity index (χ4n) is 5.13. The summed E-state index contributed by atoms with van der Waals surface area (Å²) in [6.07, 6.45) is 25.9. The molecule has 0 saturated carbocycles. The Labute approximate surface area is 207 Å². The highest BCUT2D eigenvalue weighted by atomic mass is 16.4. The molecular formula is C29H60NO3+. The van der Waals surface area contributed by atoms with Gasteiger partial charge in [0.15, 0.2) is 0 Å². The number of aliphatic hydroxyl groups is 1. The lowest BCUT2D eigenvalue weighted by Gasteiger charge is -2.36. The monoisotopic (exact) mass is 470 g/mol. The van der Waals surface area contributed by atoms with Gasteiger partial charge < -0.3 is 14.7 Å². The third kappa shape index (κ3) is 24.3. The first-order valence-electron chi connectivity index (χ1n) is 14.4. The summed E-state index contributed by atoms with van der Waals surface area (Å²) in [7, 11) is 4.36. The largest absolute Gasteiger partial charge is 0.481 e. The van der Waals surface area contributed by atoms with E-state index in [1.54, 1.807) is 0 Å². The lowest BCUT2D eigenvalue weighted by Crippen LogP contribution is -2.50. The Morgan fingerprint density at radius 2 is 1.06 bits per heavy atom. The van der Waals surface area contributed by atoms with Gasteiger partial charge in [0.05, 0.1) is 20.6 Å². The van der Waals surface area contributed by atoms with Crippen LogP contribution in [0.25, 0.3) is 0 Å². The Hall–Kier alpha value is -0.610. The quantitative estimate of drug-likeness (QED) is 0.105. The van der Waals surface area contributed by atoms with Crippen molar-refractivity contribution in [2.75, 3.05) is 27.2 Å². The van der Waals surface area contributed by atoms with E-state index in [9.17, 15) is 9.90 Å². The molecule has 4 nitrogen and oxygen atoms in total. The van der Waals surface area contributed by atoms with Crippen LogP contribution in [0.5, 0.6) is 0 Å². The van der Waals surface area contributed by atoms with E-state index in [1.165, 1.54) is 96.3 Å². The average molecular weight is 471 g/mol. The van der Waals surface area contributed by atoms with E-state index in [-0.39, 0.29) is 6.42 Å². The maximum atomic E-state index is 10.8. The van der Waals surface area contributed by atoms with Crippen LogP contribution in [-0.4, -0.2) is 53.5 Å². The standard InChI is InChI=1S/C29H59NO3/c1-5-6-7-8-9-10-11-12-13-14-15-16-17-18-19-22-25-29(2,33)27-30(3,4)26-23-20-21-24-28(31)32/h33H,5-27H2,1-4H3/p+1. The Bertz CT molecular complexity index is 448. The number of carboxylic acids is 1. The highest BCUT2D eigenvalue weighted by molar-refractivity contribution is 5.66. The predicted molar refractivity (Wildman–Crippen MR) is 143 cm³/mol. The number of carboxylic acid groups (broad SMARTS) is 1. The third-order valence-corrected chi connectivity index (χ3v) is 6.99. The zero-order valence-electron chi connectivity index (χ0n) is 23.0. The molecule has 0 aliphatic carbocycles. The molecule has 0 heterocycles. The molecule has 2 N–H and O–H groups in total. The van der Waals surface area contributed by atoms with Gasteiger partial charge >= 0.3 is 5.97 Å². The molecule has 0 rings (SSSR count). The van der Waals surface area contributed by atoms with Crippen LogP contribution in [0.15, 0.2) is 0 Å². The summed E-state index contributed by atoms with van der Waals surface area (Å²) in [5.74, 6) is -0.703. The van der Waals surface area contributed by atoms with Crippen molar-refractivity contribution in [3.63, 3.8) is 0 Å². The zero-order valence-corrected chi connectivity index (χ0v) is 23.0. The first-order valence-corrected chi connectivity index (χ1v) is 14.4. The second-order valence-corrected chi connectivity index (χ2v) is 11.6. The molecule has 1 atom stereocenters. The maximum Gasteiger partial charge on any atom is 0.303 e. The molecule has 198 valence electrons. The number of hydrogen-bond acceptors (Lipinski definition) is 2. The van der Waals surface area contributed by atoms with E-state index in [0.29, 0.717) is 0 Å². The van der Waals surface area contributed by atoms with Crippen molar-refractivity contribution in [2.24, 2.45) is 0 Å². The molecule has 0 aromatic rings. The van der Waals surface area contributed by atoms with Crippen molar-refractivity contribution in [1.82, 2.24) is 0 Å². The Morgan fingerprint density at radius 3 is 1.48 bits per heavy atom. The molecule has 1 unspecified atom stereocenters. The first-order chi connectivity index (χ1) is 15.7. The van der Waals surface area contributed by atoms with E-state index in [1.807, 2.05) is 6.92 Å². The summed E-state index contributed by atoms with van der Waals surface area (Å²) in [6.45, 7) is 6.04. The van der Waals surface area contributed by atoms with Gasteiger partial charge in [-0.15, -0.1) is 0 Å².